The molecule has 2 amide bonds. The minimum absolute atomic E-state index is 0.221. The van der Waals surface area contributed by atoms with Crippen molar-refractivity contribution in [1.29, 1.82) is 0 Å². The molecule has 0 atom stereocenters. The van der Waals surface area contributed by atoms with E-state index in [2.05, 4.69) is 6.58 Å². The van der Waals surface area contributed by atoms with Gasteiger partial charge in [-0.3, -0.25) is 14.5 Å². The van der Waals surface area contributed by atoms with E-state index in [1.54, 1.807) is 6.08 Å². The highest BCUT2D eigenvalue weighted by molar-refractivity contribution is 7.11. The van der Waals surface area contributed by atoms with Gasteiger partial charge in [0.1, 0.15) is 5.70 Å². The van der Waals surface area contributed by atoms with Crippen LogP contribution < -0.4 is 0 Å². The summed E-state index contributed by atoms with van der Waals surface area (Å²) in [6.45, 7) is 7.10. The number of thiophene rings is 1. The first-order chi connectivity index (χ1) is 12.2. The predicted molar refractivity (Wildman–Crippen MR) is 101 cm³/mol. The molecule has 25 heavy (non-hydrogen) atoms. The zero-order valence-electron chi connectivity index (χ0n) is 14.1. The molecule has 0 bridgehead atoms. The summed E-state index contributed by atoms with van der Waals surface area (Å²) < 4.78 is 0. The molecule has 0 N–H and O–H groups in total. The van der Waals surface area contributed by atoms with Crippen molar-refractivity contribution in [3.05, 3.63) is 76.6 Å². The highest BCUT2D eigenvalue weighted by Gasteiger charge is 2.41. The molecule has 0 radical (unpaired) electrons. The Balaban J connectivity index is 2.04. The first kappa shape index (κ1) is 17.2. The number of likely N-dealkylation sites (N-methyl/N-ethyl adjacent to an activating group) is 1. The quantitative estimate of drug-likeness (QED) is 0.565. The van der Waals surface area contributed by atoms with E-state index in [9.17, 15) is 9.59 Å². The van der Waals surface area contributed by atoms with Crippen LogP contribution in [0.3, 0.4) is 0 Å². The van der Waals surface area contributed by atoms with Crippen LogP contribution in [0.2, 0.25) is 0 Å². The summed E-state index contributed by atoms with van der Waals surface area (Å²) in [5.74, 6) is -0.486. The lowest BCUT2D eigenvalue weighted by Gasteiger charge is -2.24. The molecular formula is C20H20N2O2S. The molecule has 1 aromatic carbocycles. The molecule has 1 aliphatic rings. The molecule has 5 heteroatoms. The van der Waals surface area contributed by atoms with Gasteiger partial charge in [-0.15, -0.1) is 17.9 Å². The normalized spacial score (nSPS) is 14.4. The molecule has 1 aromatic heterocycles. The minimum Gasteiger partial charge on any atom is -0.362 e. The lowest BCUT2D eigenvalue weighted by molar-refractivity contribution is -0.136. The number of imide groups is 1. The van der Waals surface area contributed by atoms with E-state index in [1.165, 1.54) is 16.2 Å². The summed E-state index contributed by atoms with van der Waals surface area (Å²) in [6, 6.07) is 13.7. The van der Waals surface area contributed by atoms with Crippen molar-refractivity contribution in [1.82, 2.24) is 9.80 Å². The number of hydrogen-bond acceptors (Lipinski definition) is 4. The van der Waals surface area contributed by atoms with Crippen LogP contribution >= 0.6 is 11.3 Å². The maximum absolute atomic E-state index is 13.0. The second kappa shape index (κ2) is 7.49. The van der Waals surface area contributed by atoms with Crippen LogP contribution in [-0.2, 0) is 16.1 Å². The second-order valence-corrected chi connectivity index (χ2v) is 6.66. The summed E-state index contributed by atoms with van der Waals surface area (Å²) in [6.07, 6.45) is 1.58. The van der Waals surface area contributed by atoms with Crippen molar-refractivity contribution in [2.24, 2.45) is 0 Å². The van der Waals surface area contributed by atoms with Crippen molar-refractivity contribution < 1.29 is 9.59 Å². The molecule has 0 unspecified atom stereocenters. The fourth-order valence-electron chi connectivity index (χ4n) is 2.95. The largest absolute Gasteiger partial charge is 0.362 e. The Morgan fingerprint density at radius 2 is 1.88 bits per heavy atom. The third kappa shape index (κ3) is 3.28. The van der Waals surface area contributed by atoms with Gasteiger partial charge >= 0.3 is 0 Å². The third-order valence-electron chi connectivity index (χ3n) is 4.14. The third-order valence-corrected chi connectivity index (χ3v) is 5.02. The van der Waals surface area contributed by atoms with Crippen molar-refractivity contribution >= 4 is 28.7 Å². The van der Waals surface area contributed by atoms with Gasteiger partial charge in [0.2, 0.25) is 0 Å². The van der Waals surface area contributed by atoms with Gasteiger partial charge in [-0.2, -0.15) is 0 Å². The van der Waals surface area contributed by atoms with E-state index < -0.39 is 0 Å². The molecule has 0 fully saturated rings. The van der Waals surface area contributed by atoms with E-state index in [-0.39, 0.29) is 18.4 Å². The maximum atomic E-state index is 13.0. The molecule has 0 saturated heterocycles. The van der Waals surface area contributed by atoms with E-state index in [0.717, 1.165) is 10.4 Å². The van der Waals surface area contributed by atoms with Gasteiger partial charge in [-0.25, -0.2) is 0 Å². The lowest BCUT2D eigenvalue weighted by Crippen LogP contribution is -2.35. The fraction of sp³-hybridized carbons (Fsp3) is 0.200. The summed E-state index contributed by atoms with van der Waals surface area (Å²) in [5.41, 5.74) is 2.09. The van der Waals surface area contributed by atoms with Gasteiger partial charge in [0.25, 0.3) is 11.8 Å². The smallest absolute Gasteiger partial charge is 0.278 e. The average Bonchev–Trinajstić information content (AvgIpc) is 3.23. The Morgan fingerprint density at radius 3 is 2.48 bits per heavy atom. The monoisotopic (exact) mass is 352 g/mol. The van der Waals surface area contributed by atoms with Crippen LogP contribution in [0.4, 0.5) is 0 Å². The van der Waals surface area contributed by atoms with Gasteiger partial charge in [0, 0.05) is 24.5 Å². The molecule has 4 nitrogen and oxygen atoms in total. The van der Waals surface area contributed by atoms with Crippen LogP contribution in [0, 0.1) is 0 Å². The van der Waals surface area contributed by atoms with Crippen molar-refractivity contribution in [2.45, 2.75) is 13.5 Å². The average molecular weight is 352 g/mol. The van der Waals surface area contributed by atoms with Crippen molar-refractivity contribution in [2.75, 3.05) is 13.1 Å². The second-order valence-electron chi connectivity index (χ2n) is 5.71. The Morgan fingerprint density at radius 1 is 1.12 bits per heavy atom. The molecule has 2 aromatic rings. The Labute approximate surface area is 151 Å². The van der Waals surface area contributed by atoms with Gasteiger partial charge < -0.3 is 4.90 Å². The summed E-state index contributed by atoms with van der Waals surface area (Å²) in [5, 5.41) is 1.92. The fourth-order valence-corrected chi connectivity index (χ4v) is 3.71. The number of amides is 2. The van der Waals surface area contributed by atoms with Crippen LogP contribution in [0.15, 0.2) is 66.2 Å². The zero-order valence-corrected chi connectivity index (χ0v) is 15.0. The number of rotatable bonds is 7. The minimum atomic E-state index is -0.244. The van der Waals surface area contributed by atoms with Crippen molar-refractivity contribution in [3.8, 4) is 0 Å². The Bertz CT molecular complexity index is 809. The van der Waals surface area contributed by atoms with E-state index >= 15 is 0 Å². The molecule has 3 rings (SSSR count). The standard InChI is InChI=1S/C20H20N2O2S/c1-3-12-22-19(23)17(16-11-8-13-25-16)18(20(22)24)21(4-2)14-15-9-6-5-7-10-15/h3,5-11,13H,1,4,12,14H2,2H3. The van der Waals surface area contributed by atoms with Crippen LogP contribution in [0.1, 0.15) is 17.4 Å². The van der Waals surface area contributed by atoms with Crippen LogP contribution in [0.5, 0.6) is 0 Å². The predicted octanol–water partition coefficient (Wildman–Crippen LogP) is 3.54. The van der Waals surface area contributed by atoms with E-state index in [4.69, 9.17) is 0 Å². The van der Waals surface area contributed by atoms with Gasteiger partial charge in [0.15, 0.2) is 0 Å². The summed E-state index contributed by atoms with van der Waals surface area (Å²) in [4.78, 5) is 29.9. The SMILES string of the molecule is C=CCN1C(=O)C(c2cccs2)=C(N(CC)Cc2ccccc2)C1=O. The van der Waals surface area contributed by atoms with Gasteiger partial charge in [-0.1, -0.05) is 42.5 Å². The molecule has 0 saturated carbocycles. The zero-order chi connectivity index (χ0) is 17.8. The highest BCUT2D eigenvalue weighted by atomic mass is 32.1. The summed E-state index contributed by atoms with van der Waals surface area (Å²) in [7, 11) is 0. The number of benzene rings is 1. The van der Waals surface area contributed by atoms with Gasteiger partial charge in [0.05, 0.1) is 5.57 Å². The number of nitrogens with zero attached hydrogens (tertiary/aromatic N) is 2. The lowest BCUT2D eigenvalue weighted by atomic mass is 10.1. The first-order valence-electron chi connectivity index (χ1n) is 8.21. The molecule has 2 heterocycles. The Hall–Kier alpha value is -2.66. The van der Waals surface area contributed by atoms with Crippen LogP contribution in [-0.4, -0.2) is 34.7 Å². The first-order valence-corrected chi connectivity index (χ1v) is 9.09. The molecule has 0 spiro atoms. The van der Waals surface area contributed by atoms with E-state index in [0.29, 0.717) is 24.4 Å². The summed E-state index contributed by atoms with van der Waals surface area (Å²) >= 11 is 1.47. The van der Waals surface area contributed by atoms with Crippen molar-refractivity contribution in [3.63, 3.8) is 0 Å². The highest BCUT2D eigenvalue weighted by Crippen LogP contribution is 2.34. The Kier molecular flexibility index (Phi) is 5.14. The molecule has 1 aliphatic heterocycles. The number of carbonyl (C=O) groups is 2. The number of hydrogen-bond donors (Lipinski definition) is 0. The topological polar surface area (TPSA) is 40.6 Å². The molecule has 128 valence electrons. The molecule has 0 aliphatic carbocycles. The van der Waals surface area contributed by atoms with Crippen LogP contribution in [0.25, 0.3) is 5.57 Å². The van der Waals surface area contributed by atoms with E-state index in [1.807, 2.05) is 59.7 Å². The van der Waals surface area contributed by atoms with Gasteiger partial charge in [-0.05, 0) is 23.9 Å². The maximum Gasteiger partial charge on any atom is 0.278 e. The molecular weight excluding hydrogens is 332 g/mol. The number of carbonyl (C=O) groups excluding carboxylic acids is 2.